The second-order valence-electron chi connectivity index (χ2n) is 1.26. The number of H-pyrrole nitrogens is 1. The minimum absolute atomic E-state index is 0. The summed E-state index contributed by atoms with van der Waals surface area (Å²) < 4.78 is 0. The Morgan fingerprint density at radius 1 is 1.78 bits per heavy atom. The summed E-state index contributed by atoms with van der Waals surface area (Å²) in [5.74, 6) is -1.23. The number of hydrogen-bond donors (Lipinski definition) is 1. The van der Waals surface area contributed by atoms with Crippen molar-refractivity contribution in [2.75, 3.05) is 0 Å². The molecule has 0 spiro atoms. The Balaban J connectivity index is 0.000000640. The maximum atomic E-state index is 9.88. The van der Waals surface area contributed by atoms with Crippen molar-refractivity contribution in [3.05, 3.63) is 18.0 Å². The van der Waals surface area contributed by atoms with Gasteiger partial charge in [0.2, 0.25) is 0 Å². The molecule has 0 amide bonds. The van der Waals surface area contributed by atoms with Crippen LogP contribution in [0.5, 0.6) is 0 Å². The minimum atomic E-state index is -1.23. The molecule has 5 heteroatoms. The molecule has 4 nitrogen and oxygen atoms in total. The van der Waals surface area contributed by atoms with Gasteiger partial charge in [0.25, 0.3) is 0 Å². The van der Waals surface area contributed by atoms with Gasteiger partial charge in [-0.25, -0.2) is 0 Å². The summed E-state index contributed by atoms with van der Waals surface area (Å²) in [4.78, 5) is 9.88. The van der Waals surface area contributed by atoms with E-state index < -0.39 is 5.97 Å². The van der Waals surface area contributed by atoms with Gasteiger partial charge in [0.1, 0.15) is 0 Å². The fourth-order valence-corrected chi connectivity index (χ4v) is 0.370. The van der Waals surface area contributed by atoms with Gasteiger partial charge in [-0.1, -0.05) is 0 Å². The standard InChI is InChI=1S/C4H4N2O2.Ag/c7-4(8)3-1-2-5-6-3;/h1-2H,(H,5,6)(H,7,8);/q;+1/p-1. The van der Waals surface area contributed by atoms with E-state index in [1.165, 1.54) is 12.3 Å². The molecule has 1 rings (SSSR count). The Bertz CT molecular complexity index is 184. The SMILES string of the molecule is O=C([O-])c1ccn[nH]1.[Ag+]. The molecular formula is C4H3AgN2O2. The van der Waals surface area contributed by atoms with Crippen LogP contribution >= 0.6 is 0 Å². The molecule has 1 aromatic heterocycles. The molecule has 0 aliphatic heterocycles. The van der Waals surface area contributed by atoms with Crippen LogP contribution < -0.4 is 5.11 Å². The second-order valence-corrected chi connectivity index (χ2v) is 1.26. The molecule has 52 valence electrons. The van der Waals surface area contributed by atoms with Crippen LogP contribution in [-0.2, 0) is 22.4 Å². The topological polar surface area (TPSA) is 68.8 Å². The molecular weight excluding hydrogens is 216 g/mol. The van der Waals surface area contributed by atoms with Crippen LogP contribution in [0.4, 0.5) is 0 Å². The van der Waals surface area contributed by atoms with Gasteiger partial charge in [0, 0.05) is 6.20 Å². The van der Waals surface area contributed by atoms with Gasteiger partial charge >= 0.3 is 22.4 Å². The summed E-state index contributed by atoms with van der Waals surface area (Å²) in [7, 11) is 0. The summed E-state index contributed by atoms with van der Waals surface area (Å²) in [6.45, 7) is 0. The molecule has 1 N–H and O–H groups in total. The number of aromatic nitrogens is 2. The molecule has 0 aliphatic carbocycles. The third-order valence-corrected chi connectivity index (χ3v) is 0.721. The smallest absolute Gasteiger partial charge is 0.543 e. The van der Waals surface area contributed by atoms with Crippen molar-refractivity contribution in [3.63, 3.8) is 0 Å². The predicted octanol–water partition coefficient (Wildman–Crippen LogP) is -1.23. The minimum Gasteiger partial charge on any atom is -0.543 e. The molecule has 0 bridgehead atoms. The Hall–Kier alpha value is -0.580. The van der Waals surface area contributed by atoms with E-state index in [0.717, 1.165) is 0 Å². The molecule has 1 aromatic rings. The number of aromatic carboxylic acids is 1. The van der Waals surface area contributed by atoms with Crippen LogP contribution in [0.25, 0.3) is 0 Å². The molecule has 0 saturated carbocycles. The van der Waals surface area contributed by atoms with E-state index in [9.17, 15) is 9.90 Å². The zero-order chi connectivity index (χ0) is 5.98. The van der Waals surface area contributed by atoms with Crippen molar-refractivity contribution in [1.82, 2.24) is 10.2 Å². The molecule has 0 aliphatic rings. The van der Waals surface area contributed by atoms with E-state index in [1.807, 2.05) is 0 Å². The first-order valence-electron chi connectivity index (χ1n) is 2.01. The molecule has 0 unspecified atom stereocenters. The average molecular weight is 219 g/mol. The molecule has 0 fully saturated rings. The largest absolute Gasteiger partial charge is 1.00 e. The number of nitrogens with one attached hydrogen (secondary N) is 1. The van der Waals surface area contributed by atoms with Crippen LogP contribution in [0.3, 0.4) is 0 Å². The predicted molar refractivity (Wildman–Crippen MR) is 22.9 cm³/mol. The fraction of sp³-hybridized carbons (Fsp3) is 0. The zero-order valence-electron chi connectivity index (χ0n) is 4.22. The summed E-state index contributed by atoms with van der Waals surface area (Å²) >= 11 is 0. The van der Waals surface area contributed by atoms with E-state index in [1.54, 1.807) is 0 Å². The first-order valence-corrected chi connectivity index (χ1v) is 2.01. The molecule has 9 heavy (non-hydrogen) atoms. The maximum Gasteiger partial charge on any atom is 1.00 e. The Morgan fingerprint density at radius 2 is 2.44 bits per heavy atom. The second kappa shape index (κ2) is 3.45. The third-order valence-electron chi connectivity index (χ3n) is 0.721. The van der Waals surface area contributed by atoms with Crippen LogP contribution in [0.15, 0.2) is 12.3 Å². The van der Waals surface area contributed by atoms with E-state index >= 15 is 0 Å². The van der Waals surface area contributed by atoms with Crippen molar-refractivity contribution < 1.29 is 32.3 Å². The van der Waals surface area contributed by atoms with Gasteiger partial charge in [-0.3, -0.25) is 5.10 Å². The number of aromatic amines is 1. The number of rotatable bonds is 1. The Morgan fingerprint density at radius 3 is 2.67 bits per heavy atom. The van der Waals surface area contributed by atoms with E-state index in [4.69, 9.17) is 0 Å². The molecule has 1 heterocycles. The molecule has 0 saturated heterocycles. The quantitative estimate of drug-likeness (QED) is 0.601. The number of carboxylic acid groups (broad SMARTS) is 1. The van der Waals surface area contributed by atoms with Crippen molar-refractivity contribution >= 4 is 5.97 Å². The monoisotopic (exact) mass is 218 g/mol. The molecule has 0 atom stereocenters. The van der Waals surface area contributed by atoms with Gasteiger partial charge in [-0.05, 0) is 6.07 Å². The van der Waals surface area contributed by atoms with Crippen molar-refractivity contribution in [3.8, 4) is 0 Å². The van der Waals surface area contributed by atoms with Crippen molar-refractivity contribution in [1.29, 1.82) is 0 Å². The van der Waals surface area contributed by atoms with Crippen LogP contribution in [0, 0.1) is 0 Å². The first-order chi connectivity index (χ1) is 3.80. The summed E-state index contributed by atoms with van der Waals surface area (Å²) in [5.41, 5.74) is 0.00463. The molecule has 0 radical (unpaired) electrons. The summed E-state index contributed by atoms with van der Waals surface area (Å²) in [5, 5.41) is 15.5. The van der Waals surface area contributed by atoms with Gasteiger partial charge in [0.15, 0.2) is 0 Å². The van der Waals surface area contributed by atoms with Gasteiger partial charge in [0.05, 0.1) is 11.7 Å². The van der Waals surface area contributed by atoms with Gasteiger partial charge < -0.3 is 9.90 Å². The number of hydrogen-bond acceptors (Lipinski definition) is 3. The van der Waals surface area contributed by atoms with Crippen molar-refractivity contribution in [2.45, 2.75) is 0 Å². The number of nitrogens with zero attached hydrogens (tertiary/aromatic N) is 1. The van der Waals surface area contributed by atoms with Crippen LogP contribution in [-0.4, -0.2) is 16.2 Å². The van der Waals surface area contributed by atoms with E-state index in [2.05, 4.69) is 10.2 Å². The van der Waals surface area contributed by atoms with Crippen LogP contribution in [0.1, 0.15) is 10.5 Å². The Labute approximate surface area is 66.8 Å². The van der Waals surface area contributed by atoms with Gasteiger partial charge in [-0.15, -0.1) is 0 Å². The van der Waals surface area contributed by atoms with E-state index in [0.29, 0.717) is 0 Å². The fourth-order valence-electron chi connectivity index (χ4n) is 0.370. The van der Waals surface area contributed by atoms with Gasteiger partial charge in [-0.2, -0.15) is 5.10 Å². The first kappa shape index (κ1) is 8.42. The molecule has 0 aromatic carbocycles. The Kier molecular flexibility index (Phi) is 3.22. The summed E-state index contributed by atoms with van der Waals surface area (Å²) in [6, 6.07) is 1.33. The number of carboxylic acids is 1. The number of carbonyl (C=O) groups excluding carboxylic acids is 1. The maximum absolute atomic E-state index is 9.88. The third kappa shape index (κ3) is 2.01. The van der Waals surface area contributed by atoms with Crippen molar-refractivity contribution in [2.24, 2.45) is 0 Å². The number of carbonyl (C=O) groups is 1. The summed E-state index contributed by atoms with van der Waals surface area (Å²) in [6.07, 6.45) is 1.35. The normalized spacial score (nSPS) is 8.00. The average Bonchev–Trinajstić information content (AvgIpc) is 2.12. The van der Waals surface area contributed by atoms with E-state index in [-0.39, 0.29) is 28.1 Å². The zero-order valence-corrected chi connectivity index (χ0v) is 5.70. The van der Waals surface area contributed by atoms with Crippen LogP contribution in [0.2, 0.25) is 0 Å².